The Balaban J connectivity index is 1.76. The number of aromatic nitrogens is 1. The number of hydrogen-bond donors (Lipinski definition) is 1. The summed E-state index contributed by atoms with van der Waals surface area (Å²) in [6, 6.07) is 5.54. The molecule has 0 radical (unpaired) electrons. The number of alkyl halides is 3. The Morgan fingerprint density at radius 3 is 2.42 bits per heavy atom. The third-order valence-corrected chi connectivity index (χ3v) is 6.77. The molecule has 2 aromatic rings. The standard InChI is InChI=1S/C25H25ClF3NO3/c1-2-16-7-8-18(33-24-20(25(27,28)29)11-17(26)13-30-24)12-19(16)23-21(31)9-14-3-4-15(6-5-14)10-22(23)32/h7-8,11-15,31H,2-6,9-10H2,1H3/b23-21+/t14-,15+. The third-order valence-electron chi connectivity index (χ3n) is 6.56. The molecule has 0 spiro atoms. The molecule has 1 saturated carbocycles. The maximum atomic E-state index is 13.5. The molecule has 2 bridgehead atoms. The SMILES string of the molecule is CCc1ccc(Oc2ncc(Cl)cc2C(F)(F)F)cc1/C1=C(\O)C[C@H]2CC[C@H](CC2)CC1=O. The van der Waals surface area contributed by atoms with Crippen molar-refractivity contribution in [2.45, 2.75) is 58.0 Å². The quantitative estimate of drug-likeness (QED) is 0.492. The number of halogens is 4. The summed E-state index contributed by atoms with van der Waals surface area (Å²) >= 11 is 5.71. The number of ether oxygens (including phenoxy) is 1. The predicted molar refractivity (Wildman–Crippen MR) is 119 cm³/mol. The Hall–Kier alpha value is -2.54. The number of nitrogens with zero attached hydrogens (tertiary/aromatic N) is 1. The van der Waals surface area contributed by atoms with Crippen molar-refractivity contribution in [3.63, 3.8) is 0 Å². The summed E-state index contributed by atoms with van der Waals surface area (Å²) in [5, 5.41) is 10.8. The van der Waals surface area contributed by atoms with Gasteiger partial charge in [-0.05, 0) is 73.3 Å². The molecule has 3 aliphatic rings. The number of ketones is 1. The van der Waals surface area contributed by atoms with Crippen LogP contribution in [0.25, 0.3) is 5.57 Å². The van der Waals surface area contributed by atoms with Gasteiger partial charge in [-0.3, -0.25) is 4.79 Å². The highest BCUT2D eigenvalue weighted by Gasteiger charge is 2.36. The van der Waals surface area contributed by atoms with Gasteiger partial charge in [-0.25, -0.2) is 4.98 Å². The lowest BCUT2D eigenvalue weighted by Gasteiger charge is -2.26. The Morgan fingerprint density at radius 2 is 1.79 bits per heavy atom. The molecule has 0 saturated heterocycles. The van der Waals surface area contributed by atoms with Crippen LogP contribution in [0.4, 0.5) is 13.2 Å². The fourth-order valence-corrected chi connectivity index (χ4v) is 4.99. The summed E-state index contributed by atoms with van der Waals surface area (Å²) in [5.41, 5.74) is 0.481. The monoisotopic (exact) mass is 479 g/mol. The molecule has 176 valence electrons. The number of benzene rings is 1. The topological polar surface area (TPSA) is 59.4 Å². The Kier molecular flexibility index (Phi) is 6.71. The third kappa shape index (κ3) is 5.18. The molecule has 1 N–H and O–H groups in total. The van der Waals surface area contributed by atoms with Crippen LogP contribution in [0, 0.1) is 11.8 Å². The average Bonchev–Trinajstić information content (AvgIpc) is 2.85. The number of aliphatic hydroxyl groups excluding tert-OH is 1. The zero-order valence-electron chi connectivity index (χ0n) is 18.2. The molecule has 4 nitrogen and oxygen atoms in total. The second-order valence-electron chi connectivity index (χ2n) is 8.82. The van der Waals surface area contributed by atoms with E-state index in [9.17, 15) is 23.1 Å². The number of rotatable bonds is 4. The first-order chi connectivity index (χ1) is 15.7. The molecule has 1 fully saturated rings. The van der Waals surface area contributed by atoms with Crippen LogP contribution in [0.1, 0.15) is 62.1 Å². The minimum atomic E-state index is -4.70. The minimum absolute atomic E-state index is 0.0556. The Labute approximate surface area is 195 Å². The highest BCUT2D eigenvalue weighted by Crippen LogP contribution is 2.42. The van der Waals surface area contributed by atoms with E-state index in [2.05, 4.69) is 4.98 Å². The molecule has 0 aliphatic heterocycles. The molecule has 0 atom stereocenters. The van der Waals surface area contributed by atoms with Crippen LogP contribution in [0.15, 0.2) is 36.2 Å². The summed E-state index contributed by atoms with van der Waals surface area (Å²) in [6.45, 7) is 1.92. The fraction of sp³-hybridized carbons (Fsp3) is 0.440. The zero-order valence-corrected chi connectivity index (χ0v) is 19.0. The van der Waals surface area contributed by atoms with Crippen molar-refractivity contribution in [2.24, 2.45) is 11.8 Å². The molecule has 8 heteroatoms. The number of allylic oxidation sites excluding steroid dienone is 2. The van der Waals surface area contributed by atoms with Crippen molar-refractivity contribution < 1.29 is 27.8 Å². The lowest BCUT2D eigenvalue weighted by atomic mass is 9.79. The first kappa shape index (κ1) is 23.6. The largest absolute Gasteiger partial charge is 0.512 e. The van der Waals surface area contributed by atoms with Crippen LogP contribution >= 0.6 is 11.6 Å². The molecular formula is C25H25ClF3NO3. The van der Waals surface area contributed by atoms with Gasteiger partial charge in [0.1, 0.15) is 17.1 Å². The zero-order chi connectivity index (χ0) is 23.8. The number of pyridine rings is 1. The smallest absolute Gasteiger partial charge is 0.421 e. The molecule has 0 amide bonds. The number of Topliss-reactive ketones (excluding diaryl/α,β-unsaturated/α-hetero) is 1. The van der Waals surface area contributed by atoms with E-state index >= 15 is 0 Å². The maximum Gasteiger partial charge on any atom is 0.421 e. The molecular weight excluding hydrogens is 455 g/mol. The molecule has 0 unspecified atom stereocenters. The number of hydrogen-bond acceptors (Lipinski definition) is 4. The van der Waals surface area contributed by atoms with Gasteiger partial charge < -0.3 is 9.84 Å². The summed E-state index contributed by atoms with van der Waals surface area (Å²) in [5.74, 6) is 0.0242. The number of fused-ring (bicyclic) bond motifs is 5. The van der Waals surface area contributed by atoms with Crippen LogP contribution in [0.5, 0.6) is 11.6 Å². The number of aryl methyl sites for hydroxylation is 1. The Morgan fingerprint density at radius 1 is 1.12 bits per heavy atom. The van der Waals surface area contributed by atoms with Crippen molar-refractivity contribution in [1.29, 1.82) is 0 Å². The van der Waals surface area contributed by atoms with E-state index in [-0.39, 0.29) is 27.9 Å². The van der Waals surface area contributed by atoms with E-state index in [1.54, 1.807) is 12.1 Å². The van der Waals surface area contributed by atoms with Crippen LogP contribution in [0.2, 0.25) is 5.02 Å². The average molecular weight is 480 g/mol. The lowest BCUT2D eigenvalue weighted by molar-refractivity contribution is -0.138. The predicted octanol–water partition coefficient (Wildman–Crippen LogP) is 7.55. The minimum Gasteiger partial charge on any atom is -0.512 e. The van der Waals surface area contributed by atoms with Crippen molar-refractivity contribution in [2.75, 3.05) is 0 Å². The van der Waals surface area contributed by atoms with Crippen molar-refractivity contribution in [1.82, 2.24) is 4.98 Å². The first-order valence-electron chi connectivity index (χ1n) is 11.1. The van der Waals surface area contributed by atoms with E-state index in [0.29, 0.717) is 36.7 Å². The van der Waals surface area contributed by atoms with Crippen molar-refractivity contribution >= 4 is 23.0 Å². The molecule has 1 heterocycles. The van der Waals surface area contributed by atoms with Gasteiger partial charge in [0, 0.05) is 19.0 Å². The summed E-state index contributed by atoms with van der Waals surface area (Å²) in [4.78, 5) is 17.0. The van der Waals surface area contributed by atoms with Crippen LogP contribution < -0.4 is 4.74 Å². The fourth-order valence-electron chi connectivity index (χ4n) is 4.83. The van der Waals surface area contributed by atoms with Crippen LogP contribution in [-0.2, 0) is 17.4 Å². The summed E-state index contributed by atoms with van der Waals surface area (Å²) in [7, 11) is 0. The first-order valence-corrected chi connectivity index (χ1v) is 11.5. The molecule has 5 rings (SSSR count). The van der Waals surface area contributed by atoms with Gasteiger partial charge >= 0.3 is 6.18 Å². The van der Waals surface area contributed by atoms with Gasteiger partial charge in [0.25, 0.3) is 0 Å². The van der Waals surface area contributed by atoms with E-state index < -0.39 is 17.6 Å². The normalized spacial score (nSPS) is 23.7. The van der Waals surface area contributed by atoms with E-state index in [1.165, 1.54) is 6.07 Å². The van der Waals surface area contributed by atoms with Gasteiger partial charge in [-0.1, -0.05) is 24.6 Å². The lowest BCUT2D eigenvalue weighted by Crippen LogP contribution is -2.15. The van der Waals surface area contributed by atoms with Gasteiger partial charge in [-0.15, -0.1) is 0 Å². The maximum absolute atomic E-state index is 13.5. The van der Waals surface area contributed by atoms with E-state index in [4.69, 9.17) is 16.3 Å². The van der Waals surface area contributed by atoms with E-state index in [1.807, 2.05) is 6.92 Å². The van der Waals surface area contributed by atoms with E-state index in [0.717, 1.165) is 43.5 Å². The highest BCUT2D eigenvalue weighted by molar-refractivity contribution is 6.30. The van der Waals surface area contributed by atoms with Gasteiger partial charge in [-0.2, -0.15) is 13.2 Å². The Bertz CT molecular complexity index is 1090. The molecule has 33 heavy (non-hydrogen) atoms. The summed E-state index contributed by atoms with van der Waals surface area (Å²) < 4.78 is 45.9. The van der Waals surface area contributed by atoms with Gasteiger partial charge in [0.05, 0.1) is 10.6 Å². The second-order valence-corrected chi connectivity index (χ2v) is 9.25. The second kappa shape index (κ2) is 9.37. The summed E-state index contributed by atoms with van der Waals surface area (Å²) in [6.07, 6.45) is 1.68. The molecule has 1 aromatic carbocycles. The van der Waals surface area contributed by atoms with Crippen molar-refractivity contribution in [3.05, 3.63) is 57.9 Å². The van der Waals surface area contributed by atoms with Crippen molar-refractivity contribution in [3.8, 4) is 11.6 Å². The highest BCUT2D eigenvalue weighted by atomic mass is 35.5. The van der Waals surface area contributed by atoms with Gasteiger partial charge in [0.15, 0.2) is 5.78 Å². The number of aliphatic hydroxyl groups is 1. The number of carbonyl (C=O) groups excluding carboxylic acids is 1. The molecule has 3 aliphatic carbocycles. The number of carbonyl (C=O) groups is 1. The van der Waals surface area contributed by atoms with Crippen LogP contribution in [0.3, 0.4) is 0 Å². The van der Waals surface area contributed by atoms with Gasteiger partial charge in [0.2, 0.25) is 5.88 Å². The van der Waals surface area contributed by atoms with Crippen LogP contribution in [-0.4, -0.2) is 15.9 Å². The molecule has 1 aromatic heterocycles.